The van der Waals surface area contributed by atoms with E-state index in [2.05, 4.69) is 28.2 Å². The van der Waals surface area contributed by atoms with Crippen molar-refractivity contribution >= 4 is 21.6 Å². The molecule has 0 aromatic heterocycles. The molecule has 2 atom stereocenters. The van der Waals surface area contributed by atoms with Gasteiger partial charge < -0.3 is 5.32 Å². The summed E-state index contributed by atoms with van der Waals surface area (Å²) >= 11 is 3.18. The summed E-state index contributed by atoms with van der Waals surface area (Å²) in [5, 5.41) is 14.1. The third kappa shape index (κ3) is 3.26. The minimum absolute atomic E-state index is 0.129. The SMILES string of the molecule is CC1CC1CNCc1ccc(Br)c([N+](=O)[O-])c1. The lowest BCUT2D eigenvalue weighted by atomic mass is 10.2. The van der Waals surface area contributed by atoms with Crippen molar-refractivity contribution in [2.24, 2.45) is 11.8 Å². The van der Waals surface area contributed by atoms with Gasteiger partial charge in [0.05, 0.1) is 9.40 Å². The van der Waals surface area contributed by atoms with Crippen LogP contribution < -0.4 is 5.32 Å². The number of benzene rings is 1. The summed E-state index contributed by atoms with van der Waals surface area (Å²) in [6.45, 7) is 3.94. The molecule has 0 spiro atoms. The fourth-order valence-electron chi connectivity index (χ4n) is 1.89. The Morgan fingerprint density at radius 1 is 1.59 bits per heavy atom. The van der Waals surface area contributed by atoms with Crippen molar-refractivity contribution in [3.63, 3.8) is 0 Å². The minimum atomic E-state index is -0.365. The van der Waals surface area contributed by atoms with E-state index in [1.165, 1.54) is 6.42 Å². The van der Waals surface area contributed by atoms with Gasteiger partial charge in [-0.15, -0.1) is 0 Å². The van der Waals surface area contributed by atoms with Crippen LogP contribution in [0.4, 0.5) is 5.69 Å². The predicted molar refractivity (Wildman–Crippen MR) is 69.8 cm³/mol. The van der Waals surface area contributed by atoms with Gasteiger partial charge in [0.25, 0.3) is 5.69 Å². The first-order valence-electron chi connectivity index (χ1n) is 5.71. The van der Waals surface area contributed by atoms with Crippen molar-refractivity contribution in [2.45, 2.75) is 19.9 Å². The van der Waals surface area contributed by atoms with E-state index >= 15 is 0 Å². The molecule has 92 valence electrons. The van der Waals surface area contributed by atoms with Crippen molar-refractivity contribution in [1.29, 1.82) is 0 Å². The first-order valence-corrected chi connectivity index (χ1v) is 6.50. The summed E-state index contributed by atoms with van der Waals surface area (Å²) in [4.78, 5) is 10.4. The van der Waals surface area contributed by atoms with E-state index < -0.39 is 0 Å². The fourth-order valence-corrected chi connectivity index (χ4v) is 2.28. The van der Waals surface area contributed by atoms with Gasteiger partial charge in [0, 0.05) is 12.6 Å². The number of rotatable bonds is 5. The second-order valence-corrected chi connectivity index (χ2v) is 5.50. The molecule has 1 aromatic carbocycles. The van der Waals surface area contributed by atoms with Crippen molar-refractivity contribution < 1.29 is 4.92 Å². The number of hydrogen-bond donors (Lipinski definition) is 1. The van der Waals surface area contributed by atoms with Crippen LogP contribution in [-0.2, 0) is 6.54 Å². The molecule has 1 N–H and O–H groups in total. The van der Waals surface area contributed by atoms with Gasteiger partial charge in [-0.1, -0.05) is 13.0 Å². The highest BCUT2D eigenvalue weighted by molar-refractivity contribution is 9.10. The Labute approximate surface area is 109 Å². The van der Waals surface area contributed by atoms with Gasteiger partial charge in [-0.25, -0.2) is 0 Å². The number of halogens is 1. The van der Waals surface area contributed by atoms with E-state index in [0.717, 1.165) is 23.9 Å². The minimum Gasteiger partial charge on any atom is -0.312 e. The molecule has 17 heavy (non-hydrogen) atoms. The van der Waals surface area contributed by atoms with Gasteiger partial charge >= 0.3 is 0 Å². The molecular formula is C12H15BrN2O2. The molecule has 1 saturated carbocycles. The standard InChI is InChI=1S/C12H15BrN2O2/c1-8-4-10(8)7-14-6-9-2-3-11(13)12(5-9)15(16)17/h2-3,5,8,10,14H,4,6-7H2,1H3. The Bertz CT molecular complexity index is 437. The molecule has 0 amide bonds. The molecule has 0 heterocycles. The van der Waals surface area contributed by atoms with Crippen LogP contribution >= 0.6 is 15.9 Å². The Morgan fingerprint density at radius 2 is 2.29 bits per heavy atom. The van der Waals surface area contributed by atoms with Crippen LogP contribution in [-0.4, -0.2) is 11.5 Å². The van der Waals surface area contributed by atoms with E-state index in [4.69, 9.17) is 0 Å². The summed E-state index contributed by atoms with van der Waals surface area (Å²) < 4.78 is 0.530. The smallest absolute Gasteiger partial charge is 0.283 e. The molecule has 1 fully saturated rings. The van der Waals surface area contributed by atoms with Crippen LogP contribution in [0.3, 0.4) is 0 Å². The van der Waals surface area contributed by atoms with Gasteiger partial charge in [-0.2, -0.15) is 0 Å². The second-order valence-electron chi connectivity index (χ2n) is 4.65. The Morgan fingerprint density at radius 3 is 2.88 bits per heavy atom. The molecule has 0 saturated heterocycles. The van der Waals surface area contributed by atoms with Crippen LogP contribution in [0.15, 0.2) is 22.7 Å². The number of nitro groups is 1. The lowest BCUT2D eigenvalue weighted by Crippen LogP contribution is -2.16. The molecule has 0 radical (unpaired) electrons. The maximum atomic E-state index is 10.8. The van der Waals surface area contributed by atoms with E-state index in [0.29, 0.717) is 11.0 Å². The van der Waals surface area contributed by atoms with E-state index in [-0.39, 0.29) is 10.6 Å². The Balaban J connectivity index is 1.91. The molecule has 2 rings (SSSR count). The zero-order valence-corrected chi connectivity index (χ0v) is 11.2. The van der Waals surface area contributed by atoms with E-state index in [9.17, 15) is 10.1 Å². The number of hydrogen-bond acceptors (Lipinski definition) is 3. The van der Waals surface area contributed by atoms with Gasteiger partial charge in [0.15, 0.2) is 0 Å². The molecular weight excluding hydrogens is 284 g/mol. The van der Waals surface area contributed by atoms with Gasteiger partial charge in [-0.05, 0) is 52.4 Å². The normalized spacial score (nSPS) is 22.5. The van der Waals surface area contributed by atoms with Gasteiger partial charge in [0.1, 0.15) is 0 Å². The molecule has 1 aliphatic carbocycles. The molecule has 0 bridgehead atoms. The maximum absolute atomic E-state index is 10.8. The topological polar surface area (TPSA) is 55.2 Å². The third-order valence-corrected chi connectivity index (χ3v) is 3.89. The summed E-state index contributed by atoms with van der Waals surface area (Å²) in [5.74, 6) is 1.63. The van der Waals surface area contributed by atoms with Crippen molar-refractivity contribution in [2.75, 3.05) is 6.54 Å². The van der Waals surface area contributed by atoms with Crippen LogP contribution in [0, 0.1) is 22.0 Å². The van der Waals surface area contributed by atoms with Crippen molar-refractivity contribution in [3.8, 4) is 0 Å². The second kappa shape index (κ2) is 5.14. The molecule has 1 aromatic rings. The van der Waals surface area contributed by atoms with E-state index in [1.807, 2.05) is 6.07 Å². The number of nitro benzene ring substituents is 1. The summed E-state index contributed by atoms with van der Waals surface area (Å²) in [7, 11) is 0. The molecule has 2 unspecified atom stereocenters. The van der Waals surface area contributed by atoms with Crippen molar-refractivity contribution in [3.05, 3.63) is 38.3 Å². The lowest BCUT2D eigenvalue weighted by Gasteiger charge is -2.04. The van der Waals surface area contributed by atoms with Crippen molar-refractivity contribution in [1.82, 2.24) is 5.32 Å². The zero-order chi connectivity index (χ0) is 12.4. The monoisotopic (exact) mass is 298 g/mol. The fraction of sp³-hybridized carbons (Fsp3) is 0.500. The summed E-state index contributed by atoms with van der Waals surface area (Å²) in [6.07, 6.45) is 1.30. The largest absolute Gasteiger partial charge is 0.312 e. The summed E-state index contributed by atoms with van der Waals surface area (Å²) in [5.41, 5.74) is 1.08. The lowest BCUT2D eigenvalue weighted by molar-refractivity contribution is -0.385. The Kier molecular flexibility index (Phi) is 3.79. The molecule has 0 aliphatic heterocycles. The quantitative estimate of drug-likeness (QED) is 0.671. The highest BCUT2D eigenvalue weighted by atomic mass is 79.9. The average molecular weight is 299 g/mol. The van der Waals surface area contributed by atoms with E-state index in [1.54, 1.807) is 12.1 Å². The third-order valence-electron chi connectivity index (χ3n) is 3.22. The van der Waals surface area contributed by atoms with Crippen LogP contribution in [0.1, 0.15) is 18.9 Å². The average Bonchev–Trinajstić information content (AvgIpc) is 2.97. The first kappa shape index (κ1) is 12.5. The first-order chi connectivity index (χ1) is 8.08. The summed E-state index contributed by atoms with van der Waals surface area (Å²) in [6, 6.07) is 5.25. The van der Waals surface area contributed by atoms with Gasteiger partial charge in [-0.3, -0.25) is 10.1 Å². The molecule has 4 nitrogen and oxygen atoms in total. The molecule has 5 heteroatoms. The highest BCUT2D eigenvalue weighted by Gasteiger charge is 2.31. The number of nitrogens with zero attached hydrogens (tertiary/aromatic N) is 1. The zero-order valence-electron chi connectivity index (χ0n) is 9.65. The number of nitrogens with one attached hydrogen (secondary N) is 1. The van der Waals surface area contributed by atoms with Crippen LogP contribution in [0.2, 0.25) is 0 Å². The van der Waals surface area contributed by atoms with Gasteiger partial charge in [0.2, 0.25) is 0 Å². The predicted octanol–water partition coefficient (Wildman–Crippen LogP) is 3.10. The highest BCUT2D eigenvalue weighted by Crippen LogP contribution is 2.36. The van der Waals surface area contributed by atoms with Crippen LogP contribution in [0.25, 0.3) is 0 Å². The maximum Gasteiger partial charge on any atom is 0.283 e. The molecule has 1 aliphatic rings. The Hall–Kier alpha value is -0.940. The van der Waals surface area contributed by atoms with Crippen LogP contribution in [0.5, 0.6) is 0 Å².